The Bertz CT molecular complexity index is 1090. The van der Waals surface area contributed by atoms with Crippen molar-refractivity contribution in [2.45, 2.75) is 44.3 Å². The second-order valence-corrected chi connectivity index (χ2v) is 9.08. The van der Waals surface area contributed by atoms with Crippen LogP contribution in [0.5, 0.6) is 11.5 Å². The fourth-order valence-corrected chi connectivity index (χ4v) is 4.94. The van der Waals surface area contributed by atoms with Crippen molar-refractivity contribution >= 4 is 17.5 Å². The van der Waals surface area contributed by atoms with E-state index in [0.29, 0.717) is 28.2 Å². The molecule has 1 unspecified atom stereocenters. The maximum Gasteiger partial charge on any atom is 0.259 e. The smallest absolute Gasteiger partial charge is 0.259 e. The molecule has 0 aliphatic heterocycles. The zero-order chi connectivity index (χ0) is 21.6. The Hall–Kier alpha value is -3.06. The molecule has 0 radical (unpaired) electrons. The number of hydrogen-bond acceptors (Lipinski definition) is 6. The maximum absolute atomic E-state index is 12.1. The SMILES string of the molecule is Cc1ccc(OC(C(N)=O)C23CC(c4nc(COc5ccc(Cl)cc5)no4)(C2)C3)cc1. The van der Waals surface area contributed by atoms with Gasteiger partial charge in [0.2, 0.25) is 11.7 Å². The van der Waals surface area contributed by atoms with Crippen molar-refractivity contribution < 1.29 is 18.8 Å². The molecule has 1 atom stereocenters. The maximum atomic E-state index is 12.1. The first-order chi connectivity index (χ1) is 14.9. The summed E-state index contributed by atoms with van der Waals surface area (Å²) in [6.07, 6.45) is 1.53. The van der Waals surface area contributed by atoms with Crippen molar-refractivity contribution in [3.63, 3.8) is 0 Å². The Balaban J connectivity index is 1.22. The monoisotopic (exact) mass is 439 g/mol. The quantitative estimate of drug-likeness (QED) is 0.570. The standard InChI is InChI=1S/C23H22ClN3O4/c1-14-2-6-17(7-3-14)30-19(20(25)28)22-11-23(12-22,13-22)21-26-18(27-31-21)10-29-16-8-4-15(24)5-9-16/h2-9,19H,10-13H2,1H3,(H2,25,28). The lowest BCUT2D eigenvalue weighted by Crippen LogP contribution is -2.72. The molecule has 2 bridgehead atoms. The molecule has 7 nitrogen and oxygen atoms in total. The number of benzene rings is 2. The number of rotatable bonds is 8. The van der Waals surface area contributed by atoms with Gasteiger partial charge in [0.1, 0.15) is 11.5 Å². The lowest BCUT2D eigenvalue weighted by atomic mass is 9.33. The molecular formula is C23H22ClN3O4. The number of aryl methyl sites for hydroxylation is 1. The minimum absolute atomic E-state index is 0.199. The van der Waals surface area contributed by atoms with E-state index in [9.17, 15) is 4.79 Å². The van der Waals surface area contributed by atoms with E-state index in [2.05, 4.69) is 10.1 Å². The van der Waals surface area contributed by atoms with Crippen LogP contribution in [0.2, 0.25) is 5.02 Å². The van der Waals surface area contributed by atoms with Gasteiger partial charge in [-0.05, 0) is 62.6 Å². The molecule has 3 saturated carbocycles. The highest BCUT2D eigenvalue weighted by molar-refractivity contribution is 6.30. The molecule has 3 aliphatic rings. The molecule has 6 rings (SSSR count). The molecule has 2 N–H and O–H groups in total. The van der Waals surface area contributed by atoms with E-state index in [1.807, 2.05) is 31.2 Å². The molecule has 3 aromatic rings. The number of ether oxygens (including phenoxy) is 2. The fraction of sp³-hybridized carbons (Fsp3) is 0.348. The van der Waals surface area contributed by atoms with E-state index >= 15 is 0 Å². The topological polar surface area (TPSA) is 100 Å². The normalized spacial score (nSPS) is 24.6. The van der Waals surface area contributed by atoms with Crippen molar-refractivity contribution in [3.8, 4) is 11.5 Å². The predicted molar refractivity (Wildman–Crippen MR) is 113 cm³/mol. The van der Waals surface area contributed by atoms with Crippen molar-refractivity contribution in [1.82, 2.24) is 10.1 Å². The second kappa shape index (κ2) is 7.27. The van der Waals surface area contributed by atoms with Gasteiger partial charge in [0.15, 0.2) is 12.7 Å². The number of carbonyl (C=O) groups excluding carboxylic acids is 1. The Morgan fingerprint density at radius 2 is 1.77 bits per heavy atom. The van der Waals surface area contributed by atoms with Crippen LogP contribution in [0.4, 0.5) is 0 Å². The number of nitrogens with two attached hydrogens (primary N) is 1. The van der Waals surface area contributed by atoms with Gasteiger partial charge in [0.25, 0.3) is 5.91 Å². The van der Waals surface area contributed by atoms with Crippen molar-refractivity contribution in [2.75, 3.05) is 0 Å². The van der Waals surface area contributed by atoms with E-state index < -0.39 is 12.0 Å². The number of halogens is 1. The number of aromatic nitrogens is 2. The highest BCUT2D eigenvalue weighted by Gasteiger charge is 2.75. The molecule has 0 spiro atoms. The lowest BCUT2D eigenvalue weighted by Gasteiger charge is -2.69. The minimum atomic E-state index is -0.673. The lowest BCUT2D eigenvalue weighted by molar-refractivity contribution is -0.208. The summed E-state index contributed by atoms with van der Waals surface area (Å²) in [4.78, 5) is 16.7. The highest BCUT2D eigenvalue weighted by Crippen LogP contribution is 2.75. The van der Waals surface area contributed by atoms with Gasteiger partial charge >= 0.3 is 0 Å². The average Bonchev–Trinajstić information content (AvgIpc) is 3.15. The summed E-state index contributed by atoms with van der Waals surface area (Å²) in [7, 11) is 0. The summed E-state index contributed by atoms with van der Waals surface area (Å²) in [6, 6.07) is 14.7. The Kier molecular flexibility index (Phi) is 4.66. The van der Waals surface area contributed by atoms with Crippen molar-refractivity contribution in [3.05, 3.63) is 70.8 Å². The molecule has 0 saturated heterocycles. The van der Waals surface area contributed by atoms with E-state index in [1.165, 1.54) is 0 Å². The van der Waals surface area contributed by atoms with Gasteiger partial charge in [-0.25, -0.2) is 0 Å². The molecule has 1 heterocycles. The van der Waals surface area contributed by atoms with Gasteiger partial charge in [0, 0.05) is 10.4 Å². The second-order valence-electron chi connectivity index (χ2n) is 8.64. The fourth-order valence-electron chi connectivity index (χ4n) is 4.82. The molecular weight excluding hydrogens is 418 g/mol. The van der Waals surface area contributed by atoms with Crippen LogP contribution in [-0.2, 0) is 16.8 Å². The molecule has 1 aromatic heterocycles. The van der Waals surface area contributed by atoms with E-state index in [4.69, 9.17) is 31.3 Å². The largest absolute Gasteiger partial charge is 0.485 e. The van der Waals surface area contributed by atoms with Crippen LogP contribution in [0, 0.1) is 12.3 Å². The first-order valence-electron chi connectivity index (χ1n) is 10.1. The third-order valence-corrected chi connectivity index (χ3v) is 6.52. The Morgan fingerprint density at radius 3 is 2.42 bits per heavy atom. The van der Waals surface area contributed by atoms with Crippen molar-refractivity contribution in [1.29, 1.82) is 0 Å². The van der Waals surface area contributed by atoms with Gasteiger partial charge in [-0.2, -0.15) is 4.98 Å². The first-order valence-corrected chi connectivity index (χ1v) is 10.5. The molecule has 160 valence electrons. The third kappa shape index (κ3) is 3.53. The average molecular weight is 440 g/mol. The zero-order valence-corrected chi connectivity index (χ0v) is 17.8. The van der Waals surface area contributed by atoms with Gasteiger partial charge in [-0.15, -0.1) is 0 Å². The van der Waals surface area contributed by atoms with Crippen LogP contribution < -0.4 is 15.2 Å². The highest BCUT2D eigenvalue weighted by atomic mass is 35.5. The Morgan fingerprint density at radius 1 is 1.13 bits per heavy atom. The van der Waals surface area contributed by atoms with Crippen LogP contribution in [0.25, 0.3) is 0 Å². The molecule has 3 aliphatic carbocycles. The summed E-state index contributed by atoms with van der Waals surface area (Å²) in [5.41, 5.74) is 6.34. The zero-order valence-electron chi connectivity index (χ0n) is 17.0. The van der Waals surface area contributed by atoms with Gasteiger partial charge in [-0.3, -0.25) is 4.79 Å². The van der Waals surface area contributed by atoms with Gasteiger partial charge in [-0.1, -0.05) is 34.5 Å². The van der Waals surface area contributed by atoms with E-state index in [0.717, 1.165) is 24.8 Å². The van der Waals surface area contributed by atoms with E-state index in [1.54, 1.807) is 24.3 Å². The molecule has 2 aromatic carbocycles. The predicted octanol–water partition coefficient (Wildman–Crippen LogP) is 3.97. The van der Waals surface area contributed by atoms with Crippen molar-refractivity contribution in [2.24, 2.45) is 11.1 Å². The van der Waals surface area contributed by atoms with Gasteiger partial charge in [0.05, 0.1) is 5.41 Å². The molecule has 31 heavy (non-hydrogen) atoms. The number of nitrogens with zero attached hydrogens (tertiary/aromatic N) is 2. The summed E-state index contributed by atoms with van der Waals surface area (Å²) < 4.78 is 17.2. The number of hydrogen-bond donors (Lipinski definition) is 1. The number of carbonyl (C=O) groups is 1. The third-order valence-electron chi connectivity index (χ3n) is 6.26. The number of amides is 1. The van der Waals surface area contributed by atoms with Crippen LogP contribution >= 0.6 is 11.6 Å². The summed E-state index contributed by atoms with van der Waals surface area (Å²) >= 11 is 5.88. The van der Waals surface area contributed by atoms with Crippen LogP contribution in [0.15, 0.2) is 53.1 Å². The number of primary amides is 1. The minimum Gasteiger partial charge on any atom is -0.485 e. The molecule has 3 fully saturated rings. The molecule has 1 amide bonds. The van der Waals surface area contributed by atoms with Gasteiger partial charge < -0.3 is 19.7 Å². The summed E-state index contributed by atoms with van der Waals surface area (Å²) in [6.45, 7) is 2.20. The first kappa shape index (κ1) is 19.9. The summed E-state index contributed by atoms with van der Waals surface area (Å²) in [5.74, 6) is 1.94. The van der Waals surface area contributed by atoms with Crippen LogP contribution in [-0.4, -0.2) is 22.2 Å². The molecule has 8 heteroatoms. The van der Waals surface area contributed by atoms with Crippen LogP contribution in [0.1, 0.15) is 36.5 Å². The van der Waals surface area contributed by atoms with Crippen LogP contribution in [0.3, 0.4) is 0 Å². The Labute approximate surface area is 184 Å². The van der Waals surface area contributed by atoms with E-state index in [-0.39, 0.29) is 17.4 Å². The summed E-state index contributed by atoms with van der Waals surface area (Å²) in [5, 5.41) is 4.69.